The third kappa shape index (κ3) is 3.04. The lowest BCUT2D eigenvalue weighted by molar-refractivity contribution is 0.569. The van der Waals surface area contributed by atoms with Crippen molar-refractivity contribution in [3.8, 4) is 0 Å². The van der Waals surface area contributed by atoms with Crippen LogP contribution in [-0.2, 0) is 16.6 Å². The number of aromatic nitrogens is 2. The van der Waals surface area contributed by atoms with Crippen molar-refractivity contribution >= 4 is 16.0 Å². The van der Waals surface area contributed by atoms with Gasteiger partial charge in [0.2, 0.25) is 5.95 Å². The highest BCUT2D eigenvalue weighted by molar-refractivity contribution is 7.92. The summed E-state index contributed by atoms with van der Waals surface area (Å²) in [5.41, 5.74) is 5.86. The lowest BCUT2D eigenvalue weighted by Crippen LogP contribution is -2.16. The molecule has 0 spiro atoms. The monoisotopic (exact) mass is 282 g/mol. The molecule has 2 rings (SSSR count). The summed E-state index contributed by atoms with van der Waals surface area (Å²) in [5.74, 6) is -0.990. The Morgan fingerprint density at radius 1 is 1.26 bits per heavy atom. The van der Waals surface area contributed by atoms with Crippen LogP contribution >= 0.6 is 0 Å². The molecule has 1 aromatic carbocycles. The van der Waals surface area contributed by atoms with E-state index in [4.69, 9.17) is 5.73 Å². The molecule has 0 unspecified atom stereocenters. The van der Waals surface area contributed by atoms with Gasteiger partial charge in [-0.05, 0) is 23.8 Å². The number of nitrogens with two attached hydrogens (primary N) is 1. The summed E-state index contributed by atoms with van der Waals surface area (Å²) in [5, 5.41) is 0. The van der Waals surface area contributed by atoms with Crippen LogP contribution in [0.4, 0.5) is 10.3 Å². The molecule has 1 aromatic heterocycles. The Hall–Kier alpha value is -2.06. The van der Waals surface area contributed by atoms with Crippen molar-refractivity contribution in [2.24, 2.45) is 5.73 Å². The van der Waals surface area contributed by atoms with E-state index in [0.717, 1.165) is 12.1 Å². The summed E-state index contributed by atoms with van der Waals surface area (Å²) in [6.45, 7) is 0.131. The lowest BCUT2D eigenvalue weighted by Gasteiger charge is -2.08. The molecular formula is C11H11FN4O2S. The van der Waals surface area contributed by atoms with E-state index in [9.17, 15) is 12.8 Å². The number of anilines is 1. The highest BCUT2D eigenvalue weighted by atomic mass is 32.2. The van der Waals surface area contributed by atoms with Gasteiger partial charge in [-0.1, -0.05) is 6.07 Å². The number of hydrogen-bond acceptors (Lipinski definition) is 5. The maximum absolute atomic E-state index is 13.7. The highest BCUT2D eigenvalue weighted by Gasteiger charge is 2.20. The second-order valence-corrected chi connectivity index (χ2v) is 5.30. The average molecular weight is 282 g/mol. The van der Waals surface area contributed by atoms with Gasteiger partial charge < -0.3 is 5.73 Å². The van der Waals surface area contributed by atoms with Crippen LogP contribution < -0.4 is 10.5 Å². The molecule has 0 saturated carbocycles. The fourth-order valence-corrected chi connectivity index (χ4v) is 2.43. The molecule has 0 aliphatic carbocycles. The normalized spacial score (nSPS) is 11.3. The number of halogens is 1. The minimum atomic E-state index is -4.06. The van der Waals surface area contributed by atoms with E-state index in [1.54, 1.807) is 0 Å². The smallest absolute Gasteiger partial charge is 0.267 e. The van der Waals surface area contributed by atoms with Gasteiger partial charge in [-0.25, -0.2) is 27.5 Å². The Bertz CT molecular complexity index is 676. The summed E-state index contributed by atoms with van der Waals surface area (Å²) in [4.78, 5) is 6.94. The third-order valence-electron chi connectivity index (χ3n) is 2.31. The Kier molecular flexibility index (Phi) is 3.72. The quantitative estimate of drug-likeness (QED) is 0.867. The van der Waals surface area contributed by atoms with Crippen molar-refractivity contribution in [2.75, 3.05) is 4.72 Å². The van der Waals surface area contributed by atoms with Crippen LogP contribution in [0.15, 0.2) is 41.6 Å². The third-order valence-corrected chi connectivity index (χ3v) is 3.67. The lowest BCUT2D eigenvalue weighted by atomic mass is 10.2. The zero-order valence-electron chi connectivity index (χ0n) is 9.75. The van der Waals surface area contributed by atoms with Gasteiger partial charge in [0.25, 0.3) is 10.0 Å². The number of sulfonamides is 1. The molecule has 0 fully saturated rings. The zero-order chi connectivity index (χ0) is 13.9. The van der Waals surface area contributed by atoms with Gasteiger partial charge in [0.15, 0.2) is 0 Å². The molecule has 2 aromatic rings. The van der Waals surface area contributed by atoms with Gasteiger partial charge in [0, 0.05) is 18.9 Å². The fourth-order valence-electron chi connectivity index (χ4n) is 1.42. The number of benzene rings is 1. The van der Waals surface area contributed by atoms with Gasteiger partial charge >= 0.3 is 0 Å². The van der Waals surface area contributed by atoms with E-state index in [0.29, 0.717) is 5.56 Å². The number of nitrogens with one attached hydrogen (secondary N) is 1. The average Bonchev–Trinajstić information content (AvgIpc) is 2.38. The predicted molar refractivity (Wildman–Crippen MR) is 67.1 cm³/mol. The summed E-state index contributed by atoms with van der Waals surface area (Å²) in [7, 11) is -4.06. The van der Waals surface area contributed by atoms with E-state index >= 15 is 0 Å². The van der Waals surface area contributed by atoms with Crippen molar-refractivity contribution in [1.29, 1.82) is 0 Å². The van der Waals surface area contributed by atoms with Crippen molar-refractivity contribution in [2.45, 2.75) is 11.4 Å². The molecule has 1 heterocycles. The van der Waals surface area contributed by atoms with Gasteiger partial charge in [0.1, 0.15) is 10.7 Å². The molecule has 8 heteroatoms. The molecule has 0 aliphatic heterocycles. The second-order valence-electron chi connectivity index (χ2n) is 3.65. The maximum atomic E-state index is 13.7. The van der Waals surface area contributed by atoms with Gasteiger partial charge in [-0.3, -0.25) is 0 Å². The summed E-state index contributed by atoms with van der Waals surface area (Å²) in [6.07, 6.45) is 2.75. The van der Waals surface area contributed by atoms with Crippen molar-refractivity contribution < 1.29 is 12.8 Å². The Morgan fingerprint density at radius 2 is 1.95 bits per heavy atom. The van der Waals surface area contributed by atoms with Crippen molar-refractivity contribution in [1.82, 2.24) is 9.97 Å². The van der Waals surface area contributed by atoms with Crippen LogP contribution in [0.25, 0.3) is 0 Å². The maximum Gasteiger partial charge on any atom is 0.267 e. The minimum Gasteiger partial charge on any atom is -0.326 e. The first-order chi connectivity index (χ1) is 9.03. The van der Waals surface area contributed by atoms with Crippen LogP contribution in [0.3, 0.4) is 0 Å². The Balaban J connectivity index is 2.35. The van der Waals surface area contributed by atoms with Crippen molar-refractivity contribution in [3.63, 3.8) is 0 Å². The molecule has 6 nitrogen and oxygen atoms in total. The van der Waals surface area contributed by atoms with E-state index < -0.39 is 20.7 Å². The minimum absolute atomic E-state index is 0.121. The number of nitrogens with zero attached hydrogens (tertiary/aromatic N) is 2. The summed E-state index contributed by atoms with van der Waals surface area (Å²) < 4.78 is 39.7. The van der Waals surface area contributed by atoms with Crippen LogP contribution in [-0.4, -0.2) is 18.4 Å². The van der Waals surface area contributed by atoms with Crippen LogP contribution in [0.1, 0.15) is 5.56 Å². The molecule has 19 heavy (non-hydrogen) atoms. The highest BCUT2D eigenvalue weighted by Crippen LogP contribution is 2.18. The first-order valence-electron chi connectivity index (χ1n) is 5.31. The predicted octanol–water partition coefficient (Wildman–Crippen LogP) is 0.875. The van der Waals surface area contributed by atoms with E-state index in [1.807, 2.05) is 0 Å². The Morgan fingerprint density at radius 3 is 2.53 bits per heavy atom. The van der Waals surface area contributed by atoms with Crippen LogP contribution in [0.2, 0.25) is 0 Å². The molecule has 0 bridgehead atoms. The molecular weight excluding hydrogens is 271 g/mol. The van der Waals surface area contributed by atoms with Crippen LogP contribution in [0.5, 0.6) is 0 Å². The SMILES string of the molecule is NCc1ccc(S(=O)(=O)Nc2ncccn2)c(F)c1. The van der Waals surface area contributed by atoms with Crippen molar-refractivity contribution in [3.05, 3.63) is 48.0 Å². The molecule has 3 N–H and O–H groups in total. The van der Waals surface area contributed by atoms with Gasteiger partial charge in [0.05, 0.1) is 0 Å². The zero-order valence-corrected chi connectivity index (χ0v) is 10.6. The summed E-state index contributed by atoms with van der Waals surface area (Å²) in [6, 6.07) is 5.22. The van der Waals surface area contributed by atoms with Crippen LogP contribution in [0, 0.1) is 5.82 Å². The molecule has 100 valence electrons. The second kappa shape index (κ2) is 5.29. The number of rotatable bonds is 4. The molecule has 0 aliphatic rings. The molecule has 0 radical (unpaired) electrons. The molecule has 0 atom stereocenters. The molecule has 0 amide bonds. The topological polar surface area (TPSA) is 98.0 Å². The van der Waals surface area contributed by atoms with Gasteiger partial charge in [-0.15, -0.1) is 0 Å². The summed E-state index contributed by atoms with van der Waals surface area (Å²) >= 11 is 0. The number of hydrogen-bond donors (Lipinski definition) is 2. The fraction of sp³-hybridized carbons (Fsp3) is 0.0909. The molecule has 0 saturated heterocycles. The largest absolute Gasteiger partial charge is 0.326 e. The van der Waals surface area contributed by atoms with E-state index in [2.05, 4.69) is 14.7 Å². The first kappa shape index (κ1) is 13.4. The van der Waals surface area contributed by atoms with Gasteiger partial charge in [-0.2, -0.15) is 0 Å². The van der Waals surface area contributed by atoms with E-state index in [-0.39, 0.29) is 12.5 Å². The van der Waals surface area contributed by atoms with E-state index in [1.165, 1.54) is 24.5 Å². The standard InChI is InChI=1S/C11H11FN4O2S/c12-9-6-8(7-13)2-3-10(9)19(17,18)16-11-14-4-1-5-15-11/h1-6H,7,13H2,(H,14,15,16). The Labute approximate surface area is 109 Å². The first-order valence-corrected chi connectivity index (χ1v) is 6.79.